The van der Waals surface area contributed by atoms with Gasteiger partial charge in [-0.2, -0.15) is 0 Å². The Hall–Kier alpha value is -1.60. The topological polar surface area (TPSA) is 58.6 Å². The largest absolute Gasteiger partial charge is 0.494 e. The van der Waals surface area contributed by atoms with Gasteiger partial charge >= 0.3 is 0 Å². The molecule has 0 amide bonds. The molecule has 1 aliphatic rings. The van der Waals surface area contributed by atoms with E-state index in [0.29, 0.717) is 18.0 Å². The first-order chi connectivity index (χ1) is 14.0. The van der Waals surface area contributed by atoms with Crippen LogP contribution >= 0.6 is 11.6 Å². The summed E-state index contributed by atoms with van der Waals surface area (Å²) >= 11 is 5.81. The molecule has 0 aromatic heterocycles. The second-order valence-corrected chi connectivity index (χ2v) is 9.55. The molecule has 1 fully saturated rings. The highest BCUT2D eigenvalue weighted by molar-refractivity contribution is 7.89. The van der Waals surface area contributed by atoms with E-state index in [1.807, 2.05) is 24.3 Å². The molecule has 29 heavy (non-hydrogen) atoms. The first kappa shape index (κ1) is 22.1. The Balaban J connectivity index is 1.37. The van der Waals surface area contributed by atoms with Crippen LogP contribution in [0.3, 0.4) is 0 Å². The molecule has 2 aromatic rings. The zero-order valence-corrected chi connectivity index (χ0v) is 18.2. The van der Waals surface area contributed by atoms with Crippen LogP contribution in [-0.2, 0) is 16.4 Å². The van der Waals surface area contributed by atoms with E-state index >= 15 is 0 Å². The minimum Gasteiger partial charge on any atom is -0.494 e. The van der Waals surface area contributed by atoms with Crippen LogP contribution in [0, 0.1) is 0 Å². The Morgan fingerprint density at radius 1 is 0.966 bits per heavy atom. The quantitative estimate of drug-likeness (QED) is 0.569. The van der Waals surface area contributed by atoms with Crippen molar-refractivity contribution in [1.29, 1.82) is 0 Å². The maximum atomic E-state index is 12.3. The summed E-state index contributed by atoms with van der Waals surface area (Å²) in [5, 5.41) is 0.512. The van der Waals surface area contributed by atoms with Crippen LogP contribution in [0.25, 0.3) is 0 Å². The summed E-state index contributed by atoms with van der Waals surface area (Å²) in [6.07, 6.45) is 5.65. The molecule has 0 aliphatic carbocycles. The summed E-state index contributed by atoms with van der Waals surface area (Å²) in [5.74, 6) is 0.856. The number of nitrogens with one attached hydrogen (secondary N) is 1. The van der Waals surface area contributed by atoms with E-state index in [0.717, 1.165) is 30.9 Å². The van der Waals surface area contributed by atoms with Crippen molar-refractivity contribution >= 4 is 21.6 Å². The van der Waals surface area contributed by atoms with Gasteiger partial charge in [-0.15, -0.1) is 0 Å². The number of rotatable bonds is 10. The van der Waals surface area contributed by atoms with Gasteiger partial charge in [0.05, 0.1) is 11.5 Å². The molecule has 1 saturated heterocycles. The van der Waals surface area contributed by atoms with Crippen molar-refractivity contribution in [3.8, 4) is 5.75 Å². The number of nitrogens with zero attached hydrogens (tertiary/aromatic N) is 1. The lowest BCUT2D eigenvalue weighted by atomic mass is 10.1. The number of piperidine rings is 1. The maximum absolute atomic E-state index is 12.3. The zero-order valence-electron chi connectivity index (χ0n) is 16.6. The predicted molar refractivity (Wildman–Crippen MR) is 117 cm³/mol. The highest BCUT2D eigenvalue weighted by atomic mass is 35.5. The number of hydrogen-bond acceptors (Lipinski definition) is 4. The van der Waals surface area contributed by atoms with E-state index in [-0.39, 0.29) is 4.90 Å². The normalized spacial score (nSPS) is 15.3. The molecule has 0 saturated carbocycles. The van der Waals surface area contributed by atoms with Crippen LogP contribution in [-0.4, -0.2) is 46.1 Å². The highest BCUT2D eigenvalue weighted by Crippen LogP contribution is 2.15. The summed E-state index contributed by atoms with van der Waals surface area (Å²) in [5.41, 5.74) is 1.06. The molecular weight excluding hydrogens is 408 g/mol. The van der Waals surface area contributed by atoms with Crippen molar-refractivity contribution < 1.29 is 13.2 Å². The minimum absolute atomic E-state index is 0.218. The first-order valence-corrected chi connectivity index (χ1v) is 12.1. The molecule has 0 unspecified atom stereocenters. The highest BCUT2D eigenvalue weighted by Gasteiger charge is 2.13. The Labute approximate surface area is 179 Å². The Morgan fingerprint density at radius 3 is 2.34 bits per heavy atom. The lowest BCUT2D eigenvalue weighted by molar-refractivity contribution is 0.205. The molecule has 2 aromatic carbocycles. The SMILES string of the molecule is O=S(=O)(NCCc1ccc(OCCCN2CCCCC2)cc1)c1ccc(Cl)cc1. The van der Waals surface area contributed by atoms with Crippen molar-refractivity contribution in [2.45, 2.75) is 37.0 Å². The predicted octanol–water partition coefficient (Wildman–Crippen LogP) is 4.12. The monoisotopic (exact) mass is 436 g/mol. The van der Waals surface area contributed by atoms with E-state index in [1.54, 1.807) is 12.1 Å². The van der Waals surface area contributed by atoms with Crippen molar-refractivity contribution in [3.63, 3.8) is 0 Å². The van der Waals surface area contributed by atoms with E-state index in [2.05, 4.69) is 9.62 Å². The van der Waals surface area contributed by atoms with Gasteiger partial charge < -0.3 is 9.64 Å². The van der Waals surface area contributed by atoms with Gasteiger partial charge in [0.25, 0.3) is 0 Å². The molecular formula is C22H29ClN2O3S. The van der Waals surface area contributed by atoms with Gasteiger partial charge in [-0.1, -0.05) is 30.2 Å². The van der Waals surface area contributed by atoms with Crippen LogP contribution in [0.5, 0.6) is 5.75 Å². The lowest BCUT2D eigenvalue weighted by Gasteiger charge is -2.26. The van der Waals surface area contributed by atoms with Crippen LogP contribution in [0.15, 0.2) is 53.4 Å². The fourth-order valence-corrected chi connectivity index (χ4v) is 4.60. The summed E-state index contributed by atoms with van der Waals surface area (Å²) < 4.78 is 33.0. The smallest absolute Gasteiger partial charge is 0.240 e. The second kappa shape index (κ2) is 11.0. The molecule has 0 spiro atoms. The second-order valence-electron chi connectivity index (χ2n) is 7.35. The summed E-state index contributed by atoms with van der Waals surface area (Å²) in [6.45, 7) is 4.59. The zero-order chi connectivity index (χ0) is 20.5. The van der Waals surface area contributed by atoms with E-state index in [9.17, 15) is 8.42 Å². The van der Waals surface area contributed by atoms with Crippen LogP contribution in [0.1, 0.15) is 31.2 Å². The van der Waals surface area contributed by atoms with E-state index < -0.39 is 10.0 Å². The Morgan fingerprint density at radius 2 is 1.66 bits per heavy atom. The molecule has 1 heterocycles. The Kier molecular flexibility index (Phi) is 8.36. The van der Waals surface area contributed by atoms with Crippen molar-refractivity contribution in [3.05, 3.63) is 59.1 Å². The molecule has 0 atom stereocenters. The molecule has 3 rings (SSSR count). The van der Waals surface area contributed by atoms with Gasteiger partial charge in [0.1, 0.15) is 5.75 Å². The molecule has 1 N–H and O–H groups in total. The van der Waals surface area contributed by atoms with Gasteiger partial charge in [-0.25, -0.2) is 13.1 Å². The summed E-state index contributed by atoms with van der Waals surface area (Å²) in [4.78, 5) is 2.73. The van der Waals surface area contributed by atoms with Gasteiger partial charge in [0.15, 0.2) is 0 Å². The molecule has 5 nitrogen and oxygen atoms in total. The fourth-order valence-electron chi connectivity index (χ4n) is 3.44. The molecule has 0 radical (unpaired) electrons. The van der Waals surface area contributed by atoms with Gasteiger partial charge in [0, 0.05) is 18.1 Å². The van der Waals surface area contributed by atoms with Crippen LogP contribution in [0.4, 0.5) is 0 Å². The number of hydrogen-bond donors (Lipinski definition) is 1. The van der Waals surface area contributed by atoms with Crippen molar-refractivity contribution in [2.75, 3.05) is 32.8 Å². The average molecular weight is 437 g/mol. The third-order valence-corrected chi connectivity index (χ3v) is 6.82. The van der Waals surface area contributed by atoms with Crippen molar-refractivity contribution in [2.24, 2.45) is 0 Å². The number of ether oxygens (including phenoxy) is 1. The fraction of sp³-hybridized carbons (Fsp3) is 0.455. The average Bonchev–Trinajstić information content (AvgIpc) is 2.73. The third kappa shape index (κ3) is 7.30. The molecule has 158 valence electrons. The standard InChI is InChI=1S/C22H29ClN2O3S/c23-20-7-11-22(12-8-20)29(26,27)24-14-13-19-5-9-21(10-6-19)28-18-4-17-25-15-2-1-3-16-25/h5-12,24H,1-4,13-18H2. The molecule has 1 aliphatic heterocycles. The first-order valence-electron chi connectivity index (χ1n) is 10.2. The summed E-state index contributed by atoms with van der Waals surface area (Å²) in [7, 11) is -3.52. The van der Waals surface area contributed by atoms with Gasteiger partial charge in [-0.3, -0.25) is 0 Å². The molecule has 7 heteroatoms. The summed E-state index contributed by atoms with van der Waals surface area (Å²) in [6, 6.07) is 14.0. The van der Waals surface area contributed by atoms with Crippen LogP contribution in [0.2, 0.25) is 5.02 Å². The lowest BCUT2D eigenvalue weighted by Crippen LogP contribution is -2.31. The third-order valence-electron chi connectivity index (χ3n) is 5.09. The Bertz CT molecular complexity index is 849. The van der Waals surface area contributed by atoms with Crippen LogP contribution < -0.4 is 9.46 Å². The minimum atomic E-state index is -3.52. The maximum Gasteiger partial charge on any atom is 0.240 e. The van der Waals surface area contributed by atoms with Gasteiger partial charge in [-0.05, 0) is 80.7 Å². The number of benzene rings is 2. The van der Waals surface area contributed by atoms with E-state index in [4.69, 9.17) is 16.3 Å². The van der Waals surface area contributed by atoms with E-state index in [1.165, 1.54) is 44.5 Å². The molecule has 0 bridgehead atoms. The number of likely N-dealkylation sites (tertiary alicyclic amines) is 1. The number of halogens is 1. The number of sulfonamides is 1. The van der Waals surface area contributed by atoms with Crippen molar-refractivity contribution in [1.82, 2.24) is 9.62 Å². The van der Waals surface area contributed by atoms with Gasteiger partial charge in [0.2, 0.25) is 10.0 Å².